The first kappa shape index (κ1) is 18.3. The number of anilines is 1. The molecule has 1 aromatic heterocycles. The fraction of sp³-hybridized carbons (Fsp3) is 0.0870. The van der Waals surface area contributed by atoms with Gasteiger partial charge < -0.3 is 10.5 Å². The number of allylic oxidation sites excluding steroid dienone is 4. The summed E-state index contributed by atoms with van der Waals surface area (Å²) in [5.74, 6) is 2.35. The molecule has 0 unspecified atom stereocenters. The lowest BCUT2D eigenvalue weighted by atomic mass is 9.96. The normalized spacial score (nSPS) is 13.1. The van der Waals surface area contributed by atoms with E-state index < -0.39 is 0 Å². The number of nitrogens with two attached hydrogens (primary N) is 3. The van der Waals surface area contributed by atoms with Gasteiger partial charge in [-0.15, -0.1) is 0 Å². The van der Waals surface area contributed by atoms with Crippen LogP contribution in [-0.2, 0) is 0 Å². The molecule has 0 bridgehead atoms. The minimum Gasteiger partial charge on any atom is -0.453 e. The number of benzene rings is 1. The van der Waals surface area contributed by atoms with Crippen molar-refractivity contribution in [3.63, 3.8) is 0 Å². The number of rotatable bonds is 5. The predicted molar refractivity (Wildman–Crippen MR) is 112 cm³/mol. The Hall–Kier alpha value is -4.11. The van der Waals surface area contributed by atoms with E-state index in [0.717, 1.165) is 16.9 Å². The van der Waals surface area contributed by atoms with Crippen LogP contribution < -0.4 is 21.6 Å². The number of aromatic nitrogens is 2. The highest BCUT2D eigenvalue weighted by molar-refractivity contribution is 6.01. The smallest absolute Gasteiger partial charge is 0.276 e. The van der Waals surface area contributed by atoms with Gasteiger partial charge in [0.05, 0.1) is 5.69 Å². The molecule has 1 aliphatic rings. The summed E-state index contributed by atoms with van der Waals surface area (Å²) >= 11 is 0. The molecule has 0 fully saturated rings. The summed E-state index contributed by atoms with van der Waals surface area (Å²) in [6, 6.07) is 20.9. The number of nitrogen functional groups attached to an aromatic ring is 1. The molecule has 0 aliphatic heterocycles. The maximum atomic E-state index is 6.19. The van der Waals surface area contributed by atoms with E-state index in [4.69, 9.17) is 26.6 Å². The standard InChI is InChI=1S/C23H19N5O/c24-21(25)19-20(27-23(28-22(19)26)16-7-3-1-4-8-16)15-11-13-18(14-12-15)29-17-9-5-2-6-10-17/h1-5,7-9,11,13H,12,14H2,(H3,24,25)(H2,26,27,28)/p+1. The van der Waals surface area contributed by atoms with Gasteiger partial charge in [-0.25, -0.2) is 9.97 Å². The average Bonchev–Trinajstić information content (AvgIpc) is 2.75. The average molecular weight is 382 g/mol. The van der Waals surface area contributed by atoms with Crippen LogP contribution in [0.1, 0.15) is 24.1 Å². The first-order chi connectivity index (χ1) is 14.1. The first-order valence-corrected chi connectivity index (χ1v) is 9.19. The molecule has 2 aromatic carbocycles. The van der Waals surface area contributed by atoms with Crippen LogP contribution >= 0.6 is 0 Å². The highest BCUT2D eigenvalue weighted by atomic mass is 16.5. The van der Waals surface area contributed by atoms with E-state index in [2.05, 4.69) is 17.1 Å². The molecule has 1 heterocycles. The molecule has 0 atom stereocenters. The second-order valence-electron chi connectivity index (χ2n) is 6.56. The Balaban J connectivity index is 1.72. The van der Waals surface area contributed by atoms with Crippen molar-refractivity contribution in [2.75, 3.05) is 5.73 Å². The SMILES string of the molecule is NC(=[NH2+])c1c(N)nc(-c2ccccc2)nc1C1=CC=C(Oc2c#cccc2)CC1. The topological polar surface area (TPSA) is 113 Å². The molecule has 0 saturated carbocycles. The summed E-state index contributed by atoms with van der Waals surface area (Å²) in [5.41, 5.74) is 15.0. The van der Waals surface area contributed by atoms with Crippen molar-refractivity contribution in [1.29, 1.82) is 0 Å². The zero-order valence-electron chi connectivity index (χ0n) is 15.7. The quantitative estimate of drug-likeness (QED) is 0.461. The molecule has 142 valence electrons. The van der Waals surface area contributed by atoms with Gasteiger partial charge in [0.2, 0.25) is 0 Å². The van der Waals surface area contributed by atoms with Gasteiger partial charge in [-0.05, 0) is 42.3 Å². The Morgan fingerprint density at radius 3 is 2.52 bits per heavy atom. The largest absolute Gasteiger partial charge is 0.453 e. The maximum absolute atomic E-state index is 6.19. The number of nitrogens with zero attached hydrogens (tertiary/aromatic N) is 2. The Morgan fingerprint density at radius 1 is 1.03 bits per heavy atom. The Labute approximate surface area is 169 Å². The lowest BCUT2D eigenvalue weighted by molar-refractivity contribution is -0.114. The third-order valence-corrected chi connectivity index (χ3v) is 4.54. The molecule has 0 amide bonds. The van der Waals surface area contributed by atoms with Crippen molar-refractivity contribution in [1.82, 2.24) is 9.97 Å². The van der Waals surface area contributed by atoms with E-state index in [9.17, 15) is 0 Å². The fourth-order valence-corrected chi connectivity index (χ4v) is 3.15. The van der Waals surface area contributed by atoms with Crippen LogP contribution in [0.3, 0.4) is 0 Å². The monoisotopic (exact) mass is 382 g/mol. The van der Waals surface area contributed by atoms with Gasteiger partial charge >= 0.3 is 0 Å². The van der Waals surface area contributed by atoms with Gasteiger partial charge in [0.1, 0.15) is 17.1 Å². The van der Waals surface area contributed by atoms with Gasteiger partial charge in [0, 0.05) is 12.0 Å². The van der Waals surface area contributed by atoms with Gasteiger partial charge in [-0.3, -0.25) is 11.1 Å². The molecule has 6 heteroatoms. The minimum atomic E-state index is 0.0958. The third-order valence-electron chi connectivity index (χ3n) is 4.54. The summed E-state index contributed by atoms with van der Waals surface area (Å²) in [6.07, 6.45) is 5.27. The number of ether oxygens (including phenoxy) is 1. The zero-order valence-corrected chi connectivity index (χ0v) is 15.7. The minimum absolute atomic E-state index is 0.0958. The highest BCUT2D eigenvalue weighted by Crippen LogP contribution is 2.31. The number of hydrogen-bond donors (Lipinski definition) is 3. The van der Waals surface area contributed by atoms with E-state index in [1.54, 1.807) is 6.07 Å². The highest BCUT2D eigenvalue weighted by Gasteiger charge is 2.23. The molecule has 0 radical (unpaired) electrons. The molecule has 6 N–H and O–H groups in total. The van der Waals surface area contributed by atoms with Crippen molar-refractivity contribution in [2.45, 2.75) is 12.8 Å². The fourth-order valence-electron chi connectivity index (χ4n) is 3.15. The summed E-state index contributed by atoms with van der Waals surface area (Å²) in [4.78, 5) is 9.14. The van der Waals surface area contributed by atoms with E-state index in [0.29, 0.717) is 35.7 Å². The van der Waals surface area contributed by atoms with E-state index >= 15 is 0 Å². The van der Waals surface area contributed by atoms with Crippen LogP contribution in [0.15, 0.2) is 66.4 Å². The van der Waals surface area contributed by atoms with Gasteiger partial charge in [0.15, 0.2) is 11.6 Å². The van der Waals surface area contributed by atoms with Crippen LogP contribution in [0.4, 0.5) is 5.82 Å². The summed E-state index contributed by atoms with van der Waals surface area (Å²) in [7, 11) is 0. The molecule has 29 heavy (non-hydrogen) atoms. The van der Waals surface area contributed by atoms with Crippen molar-refractivity contribution in [3.8, 4) is 17.1 Å². The van der Waals surface area contributed by atoms with Gasteiger partial charge in [-0.2, -0.15) is 0 Å². The van der Waals surface area contributed by atoms with Crippen LogP contribution in [0.2, 0.25) is 0 Å². The summed E-state index contributed by atoms with van der Waals surface area (Å²) < 4.78 is 5.85. The Morgan fingerprint density at radius 2 is 1.86 bits per heavy atom. The lowest BCUT2D eigenvalue weighted by Crippen LogP contribution is -2.47. The van der Waals surface area contributed by atoms with Gasteiger partial charge in [0.25, 0.3) is 5.84 Å². The third kappa shape index (κ3) is 3.94. The molecular weight excluding hydrogens is 362 g/mol. The maximum Gasteiger partial charge on any atom is 0.276 e. The van der Waals surface area contributed by atoms with Crippen molar-refractivity contribution in [3.05, 3.63) is 89.8 Å². The van der Waals surface area contributed by atoms with Crippen molar-refractivity contribution < 1.29 is 10.1 Å². The summed E-state index contributed by atoms with van der Waals surface area (Å²) in [6.45, 7) is 0. The van der Waals surface area contributed by atoms with Crippen molar-refractivity contribution >= 4 is 17.2 Å². The number of amidine groups is 1. The van der Waals surface area contributed by atoms with Crippen LogP contribution in [0.25, 0.3) is 17.0 Å². The van der Waals surface area contributed by atoms with Crippen molar-refractivity contribution in [2.24, 2.45) is 5.73 Å². The lowest BCUT2D eigenvalue weighted by Gasteiger charge is -2.17. The molecule has 3 aromatic rings. The predicted octanol–water partition coefficient (Wildman–Crippen LogP) is 1.93. The van der Waals surface area contributed by atoms with Crippen LogP contribution in [0, 0.1) is 12.1 Å². The molecule has 0 spiro atoms. The number of hydrogen-bond acceptors (Lipinski definition) is 4. The van der Waals surface area contributed by atoms with E-state index in [-0.39, 0.29) is 11.7 Å². The molecular formula is C23H20N5O+. The Bertz CT molecular complexity index is 1100. The molecule has 4 rings (SSSR count). The van der Waals surface area contributed by atoms with Crippen LogP contribution in [0.5, 0.6) is 5.75 Å². The second-order valence-corrected chi connectivity index (χ2v) is 6.56. The zero-order chi connectivity index (χ0) is 20.2. The first-order valence-electron chi connectivity index (χ1n) is 9.19. The van der Waals surface area contributed by atoms with Gasteiger partial charge in [-0.1, -0.05) is 42.5 Å². The van der Waals surface area contributed by atoms with E-state index in [1.807, 2.05) is 54.6 Å². The van der Waals surface area contributed by atoms with Crippen LogP contribution in [-0.4, -0.2) is 15.8 Å². The molecule has 1 aliphatic carbocycles. The van der Waals surface area contributed by atoms with E-state index in [1.165, 1.54) is 0 Å². The molecule has 6 nitrogen and oxygen atoms in total. The second kappa shape index (κ2) is 7.87. The Kier molecular flexibility index (Phi) is 4.95. The molecule has 0 saturated heterocycles. The summed E-state index contributed by atoms with van der Waals surface area (Å²) in [5, 5.41) is 5.90.